The minimum atomic E-state index is -0.728. The van der Waals surface area contributed by atoms with Crippen LogP contribution in [0.1, 0.15) is 28.8 Å². The van der Waals surface area contributed by atoms with Crippen molar-refractivity contribution in [2.24, 2.45) is 5.73 Å². The van der Waals surface area contributed by atoms with Gasteiger partial charge in [-0.15, -0.1) is 0 Å². The lowest BCUT2D eigenvalue weighted by molar-refractivity contribution is 0.0996. The molecule has 0 saturated heterocycles. The van der Waals surface area contributed by atoms with Gasteiger partial charge in [-0.1, -0.05) is 6.92 Å². The maximum atomic E-state index is 11.3. The fourth-order valence-corrected chi connectivity index (χ4v) is 2.29. The second-order valence-corrected chi connectivity index (χ2v) is 4.96. The number of aromatic hydroxyl groups is 1. The highest BCUT2D eigenvalue weighted by Gasteiger charge is 2.19. The molecule has 0 aliphatic carbocycles. The number of phenolic OH excluding ortho intramolecular Hbond substituents is 1. The molecule has 23 heavy (non-hydrogen) atoms. The quantitative estimate of drug-likeness (QED) is 0.649. The summed E-state index contributed by atoms with van der Waals surface area (Å²) in [5.74, 6) is -0.805. The van der Waals surface area contributed by atoms with Gasteiger partial charge in [0.25, 0.3) is 5.91 Å². The summed E-state index contributed by atoms with van der Waals surface area (Å²) in [5.41, 5.74) is 8.06. The van der Waals surface area contributed by atoms with Crippen LogP contribution >= 0.6 is 0 Å². The number of amides is 1. The summed E-state index contributed by atoms with van der Waals surface area (Å²) in [5, 5.41) is 28.8. The lowest BCUT2D eigenvalue weighted by Gasteiger charge is -2.05. The molecule has 2 heterocycles. The first-order valence-corrected chi connectivity index (χ1v) is 6.98. The number of rotatable bonds is 4. The summed E-state index contributed by atoms with van der Waals surface area (Å²) in [4.78, 5) is 12.8. The average molecular weight is 313 g/mol. The van der Waals surface area contributed by atoms with Gasteiger partial charge in [0.15, 0.2) is 5.69 Å². The number of phenols is 1. The van der Waals surface area contributed by atoms with Crippen LogP contribution in [0.3, 0.4) is 0 Å². The first kappa shape index (κ1) is 14.7. The molecule has 0 saturated carbocycles. The molecule has 3 aromatic rings. The molecule has 2 aromatic heterocycles. The molecule has 0 fully saturated rings. The Labute approximate surface area is 131 Å². The van der Waals surface area contributed by atoms with Gasteiger partial charge in [0, 0.05) is 11.6 Å². The van der Waals surface area contributed by atoms with Gasteiger partial charge in [0.1, 0.15) is 11.4 Å². The van der Waals surface area contributed by atoms with Crippen molar-refractivity contribution >= 4 is 5.91 Å². The standard InChI is InChI=1S/C14H15N7O2/c1-3-10-7(2)18-21(19-10)8-4-5-9(11(22)6-8)12-13(14(15)23)17-20-16-12/h4-6,22H,3H2,1-2H3,(H2,15,23)(H,16,17,20). The van der Waals surface area contributed by atoms with Crippen LogP contribution < -0.4 is 5.73 Å². The molecule has 0 unspecified atom stereocenters. The smallest absolute Gasteiger partial charge is 0.271 e. The van der Waals surface area contributed by atoms with Gasteiger partial charge in [-0.05, 0) is 25.5 Å². The minimum absolute atomic E-state index is 0.0330. The van der Waals surface area contributed by atoms with Crippen LogP contribution in [0.5, 0.6) is 5.75 Å². The largest absolute Gasteiger partial charge is 0.507 e. The van der Waals surface area contributed by atoms with Gasteiger partial charge in [0.2, 0.25) is 0 Å². The topological polar surface area (TPSA) is 136 Å². The molecule has 118 valence electrons. The van der Waals surface area contributed by atoms with E-state index in [2.05, 4.69) is 25.6 Å². The van der Waals surface area contributed by atoms with E-state index in [0.29, 0.717) is 11.3 Å². The Balaban J connectivity index is 2.04. The number of aromatic nitrogens is 6. The molecule has 0 aliphatic rings. The highest BCUT2D eigenvalue weighted by molar-refractivity contribution is 5.97. The first-order chi connectivity index (χ1) is 11.0. The molecule has 9 nitrogen and oxygen atoms in total. The molecule has 9 heteroatoms. The molecule has 0 atom stereocenters. The average Bonchev–Trinajstić information content (AvgIpc) is 3.13. The number of nitrogens with zero attached hydrogens (tertiary/aromatic N) is 5. The molecule has 0 bridgehead atoms. The summed E-state index contributed by atoms with van der Waals surface area (Å²) in [6.07, 6.45) is 0.775. The predicted octanol–water partition coefficient (Wildman–Crippen LogP) is 0.728. The fourth-order valence-electron chi connectivity index (χ4n) is 2.29. The van der Waals surface area contributed by atoms with Crippen molar-refractivity contribution in [3.8, 4) is 22.7 Å². The van der Waals surface area contributed by atoms with Crippen molar-refractivity contribution in [3.63, 3.8) is 0 Å². The monoisotopic (exact) mass is 313 g/mol. The van der Waals surface area contributed by atoms with Gasteiger partial charge < -0.3 is 10.8 Å². The third kappa shape index (κ3) is 2.52. The van der Waals surface area contributed by atoms with Crippen molar-refractivity contribution in [1.82, 2.24) is 30.4 Å². The zero-order valence-corrected chi connectivity index (χ0v) is 12.6. The lowest BCUT2D eigenvalue weighted by Crippen LogP contribution is -2.12. The number of hydrogen-bond acceptors (Lipinski definition) is 6. The zero-order valence-electron chi connectivity index (χ0n) is 12.6. The summed E-state index contributed by atoms with van der Waals surface area (Å²) < 4.78 is 0. The van der Waals surface area contributed by atoms with Crippen LogP contribution in [0.4, 0.5) is 0 Å². The van der Waals surface area contributed by atoms with Crippen LogP contribution in [0.15, 0.2) is 18.2 Å². The molecule has 1 aromatic carbocycles. The molecule has 1 amide bonds. The Morgan fingerprint density at radius 2 is 2.13 bits per heavy atom. The molecule has 0 spiro atoms. The Morgan fingerprint density at radius 1 is 1.35 bits per heavy atom. The molecule has 4 N–H and O–H groups in total. The summed E-state index contributed by atoms with van der Waals surface area (Å²) in [6, 6.07) is 4.82. The van der Waals surface area contributed by atoms with Gasteiger partial charge in [-0.25, -0.2) is 0 Å². The fraction of sp³-hybridized carbons (Fsp3) is 0.214. The van der Waals surface area contributed by atoms with Crippen molar-refractivity contribution in [1.29, 1.82) is 0 Å². The zero-order chi connectivity index (χ0) is 16.6. The van der Waals surface area contributed by atoms with Gasteiger partial charge >= 0.3 is 0 Å². The predicted molar refractivity (Wildman–Crippen MR) is 81.0 cm³/mol. The van der Waals surface area contributed by atoms with E-state index in [4.69, 9.17) is 5.73 Å². The Bertz CT molecular complexity index is 881. The lowest BCUT2D eigenvalue weighted by atomic mass is 10.1. The van der Waals surface area contributed by atoms with Crippen molar-refractivity contribution < 1.29 is 9.90 Å². The Kier molecular flexibility index (Phi) is 3.53. The number of H-pyrrole nitrogens is 1. The van der Waals surface area contributed by atoms with E-state index in [1.165, 1.54) is 10.9 Å². The summed E-state index contributed by atoms with van der Waals surface area (Å²) >= 11 is 0. The number of aryl methyl sites for hydroxylation is 2. The normalized spacial score (nSPS) is 10.9. The SMILES string of the molecule is CCc1nn(-c2ccc(-c3n[nH]nc3C(N)=O)c(O)c2)nc1C. The van der Waals surface area contributed by atoms with E-state index >= 15 is 0 Å². The van der Waals surface area contributed by atoms with Crippen LogP contribution in [0, 0.1) is 6.92 Å². The van der Waals surface area contributed by atoms with E-state index < -0.39 is 5.91 Å². The Hall–Kier alpha value is -3.23. The number of nitrogens with two attached hydrogens (primary N) is 1. The highest BCUT2D eigenvalue weighted by Crippen LogP contribution is 2.30. The number of benzene rings is 1. The van der Waals surface area contributed by atoms with Crippen molar-refractivity contribution in [2.45, 2.75) is 20.3 Å². The van der Waals surface area contributed by atoms with E-state index in [1.807, 2.05) is 13.8 Å². The number of carbonyl (C=O) groups excluding carboxylic acids is 1. The number of carbonyl (C=O) groups is 1. The van der Waals surface area contributed by atoms with Crippen LogP contribution in [0.2, 0.25) is 0 Å². The molecule has 0 aliphatic heterocycles. The van der Waals surface area contributed by atoms with E-state index in [9.17, 15) is 9.90 Å². The molecule has 3 rings (SSSR count). The van der Waals surface area contributed by atoms with Gasteiger partial charge in [-0.2, -0.15) is 30.4 Å². The van der Waals surface area contributed by atoms with E-state index in [1.54, 1.807) is 12.1 Å². The highest BCUT2D eigenvalue weighted by atomic mass is 16.3. The molecular formula is C14H15N7O2. The van der Waals surface area contributed by atoms with Gasteiger partial charge in [-0.3, -0.25) is 4.79 Å². The summed E-state index contributed by atoms with van der Waals surface area (Å²) in [6.45, 7) is 3.88. The third-order valence-corrected chi connectivity index (χ3v) is 3.46. The van der Waals surface area contributed by atoms with E-state index in [-0.39, 0.29) is 17.1 Å². The Morgan fingerprint density at radius 3 is 2.74 bits per heavy atom. The number of nitrogens with one attached hydrogen (secondary N) is 1. The van der Waals surface area contributed by atoms with Crippen LogP contribution in [-0.2, 0) is 6.42 Å². The minimum Gasteiger partial charge on any atom is -0.507 e. The van der Waals surface area contributed by atoms with Crippen LogP contribution in [-0.4, -0.2) is 41.4 Å². The van der Waals surface area contributed by atoms with E-state index in [0.717, 1.165) is 17.8 Å². The second-order valence-electron chi connectivity index (χ2n) is 4.96. The number of aromatic amines is 1. The van der Waals surface area contributed by atoms with Gasteiger partial charge in [0.05, 0.1) is 17.1 Å². The maximum Gasteiger partial charge on any atom is 0.271 e. The molecular weight excluding hydrogens is 298 g/mol. The number of primary amides is 1. The van der Waals surface area contributed by atoms with Crippen molar-refractivity contribution in [2.75, 3.05) is 0 Å². The third-order valence-electron chi connectivity index (χ3n) is 3.46. The molecule has 0 radical (unpaired) electrons. The first-order valence-electron chi connectivity index (χ1n) is 6.98. The second kappa shape index (κ2) is 5.52. The summed E-state index contributed by atoms with van der Waals surface area (Å²) in [7, 11) is 0. The van der Waals surface area contributed by atoms with Crippen LogP contribution in [0.25, 0.3) is 16.9 Å². The maximum absolute atomic E-state index is 11.3. The van der Waals surface area contributed by atoms with Crippen molar-refractivity contribution in [3.05, 3.63) is 35.3 Å². The number of hydrogen-bond donors (Lipinski definition) is 3.